The standard InChI is InChI=1S/C9H10ClNO/c10-5-7-4-6-2-1-3-8(6)11-9(7)12/h4H,1-3,5H2,(H,11,12). The molecule has 0 saturated carbocycles. The first-order valence-electron chi connectivity index (χ1n) is 4.11. The largest absolute Gasteiger partial charge is 0.326 e. The van der Waals surface area contributed by atoms with E-state index in [-0.39, 0.29) is 5.56 Å². The molecule has 3 heteroatoms. The van der Waals surface area contributed by atoms with E-state index in [1.54, 1.807) is 0 Å². The van der Waals surface area contributed by atoms with Gasteiger partial charge in [-0.2, -0.15) is 0 Å². The molecule has 0 aromatic carbocycles. The van der Waals surface area contributed by atoms with Crippen LogP contribution in [0.1, 0.15) is 23.2 Å². The van der Waals surface area contributed by atoms with Crippen LogP contribution in [0.3, 0.4) is 0 Å². The molecule has 1 N–H and O–H groups in total. The molecule has 0 radical (unpaired) electrons. The number of H-pyrrole nitrogens is 1. The van der Waals surface area contributed by atoms with Crippen LogP contribution < -0.4 is 5.56 Å². The van der Waals surface area contributed by atoms with Crippen molar-refractivity contribution in [3.05, 3.63) is 33.2 Å². The number of nitrogens with one attached hydrogen (secondary N) is 1. The lowest BCUT2D eigenvalue weighted by molar-refractivity contribution is 0.897. The van der Waals surface area contributed by atoms with Crippen molar-refractivity contribution in [3.63, 3.8) is 0 Å². The molecule has 1 aromatic rings. The van der Waals surface area contributed by atoms with Gasteiger partial charge < -0.3 is 4.98 Å². The highest BCUT2D eigenvalue weighted by Crippen LogP contribution is 2.18. The molecule has 0 spiro atoms. The van der Waals surface area contributed by atoms with Gasteiger partial charge in [0.2, 0.25) is 0 Å². The fourth-order valence-corrected chi connectivity index (χ4v) is 1.86. The predicted molar refractivity (Wildman–Crippen MR) is 48.6 cm³/mol. The van der Waals surface area contributed by atoms with Gasteiger partial charge in [-0.15, -0.1) is 11.6 Å². The summed E-state index contributed by atoms with van der Waals surface area (Å²) in [6.07, 6.45) is 3.24. The number of fused-ring (bicyclic) bond motifs is 1. The number of hydrogen-bond donors (Lipinski definition) is 1. The Morgan fingerprint density at radius 3 is 3.08 bits per heavy atom. The van der Waals surface area contributed by atoms with Crippen molar-refractivity contribution in [1.29, 1.82) is 0 Å². The molecule has 12 heavy (non-hydrogen) atoms. The highest BCUT2D eigenvalue weighted by atomic mass is 35.5. The van der Waals surface area contributed by atoms with E-state index < -0.39 is 0 Å². The van der Waals surface area contributed by atoms with Crippen LogP contribution in [0.4, 0.5) is 0 Å². The van der Waals surface area contributed by atoms with E-state index in [4.69, 9.17) is 11.6 Å². The van der Waals surface area contributed by atoms with Crippen LogP contribution in [-0.2, 0) is 18.7 Å². The minimum Gasteiger partial charge on any atom is -0.326 e. The van der Waals surface area contributed by atoms with Crippen LogP contribution in [0.2, 0.25) is 0 Å². The molecule has 1 aliphatic rings. The summed E-state index contributed by atoms with van der Waals surface area (Å²) in [5.41, 5.74) is 3.04. The van der Waals surface area contributed by atoms with Gasteiger partial charge in [-0.25, -0.2) is 0 Å². The van der Waals surface area contributed by atoms with Gasteiger partial charge in [0, 0.05) is 11.3 Å². The first-order valence-corrected chi connectivity index (χ1v) is 4.64. The van der Waals surface area contributed by atoms with Crippen LogP contribution >= 0.6 is 11.6 Å². The quantitative estimate of drug-likeness (QED) is 0.660. The maximum Gasteiger partial charge on any atom is 0.252 e. The number of aromatic nitrogens is 1. The summed E-state index contributed by atoms with van der Waals surface area (Å²) in [4.78, 5) is 14.1. The molecule has 1 aliphatic carbocycles. The Kier molecular flexibility index (Phi) is 1.93. The zero-order chi connectivity index (χ0) is 8.55. The molecule has 0 bridgehead atoms. The molecule has 0 aliphatic heterocycles. The zero-order valence-corrected chi connectivity index (χ0v) is 7.45. The molecular formula is C9H10ClNO. The van der Waals surface area contributed by atoms with E-state index in [2.05, 4.69) is 4.98 Å². The average Bonchev–Trinajstić information content (AvgIpc) is 2.49. The Morgan fingerprint density at radius 1 is 1.50 bits per heavy atom. The maximum atomic E-state index is 11.3. The Hall–Kier alpha value is -0.760. The van der Waals surface area contributed by atoms with Crippen LogP contribution in [0, 0.1) is 0 Å². The minimum absolute atomic E-state index is 0.0225. The normalized spacial score (nSPS) is 14.8. The van der Waals surface area contributed by atoms with Crippen LogP contribution in [-0.4, -0.2) is 4.98 Å². The summed E-state index contributed by atoms with van der Waals surface area (Å²) in [6.45, 7) is 0. The third-order valence-electron chi connectivity index (χ3n) is 2.31. The van der Waals surface area contributed by atoms with E-state index in [9.17, 15) is 4.79 Å². The summed E-state index contributed by atoms with van der Waals surface area (Å²) in [5.74, 6) is 0.308. The Morgan fingerprint density at radius 2 is 2.33 bits per heavy atom. The topological polar surface area (TPSA) is 32.9 Å². The van der Waals surface area contributed by atoms with Gasteiger partial charge in [-0.1, -0.05) is 0 Å². The maximum absolute atomic E-state index is 11.3. The first kappa shape index (κ1) is 7.87. The molecule has 1 aromatic heterocycles. The Labute approximate surface area is 75.6 Å². The van der Waals surface area contributed by atoms with Crippen molar-refractivity contribution in [2.24, 2.45) is 0 Å². The fraction of sp³-hybridized carbons (Fsp3) is 0.444. The number of alkyl halides is 1. The van der Waals surface area contributed by atoms with Crippen molar-refractivity contribution >= 4 is 11.6 Å². The molecule has 0 amide bonds. The number of rotatable bonds is 1. The van der Waals surface area contributed by atoms with Gasteiger partial charge in [-0.3, -0.25) is 4.79 Å². The predicted octanol–water partition coefficient (Wildman–Crippen LogP) is 1.60. The van der Waals surface area contributed by atoms with E-state index in [1.165, 1.54) is 5.56 Å². The third-order valence-corrected chi connectivity index (χ3v) is 2.60. The van der Waals surface area contributed by atoms with E-state index in [0.29, 0.717) is 11.4 Å². The lowest BCUT2D eigenvalue weighted by atomic mass is 10.2. The van der Waals surface area contributed by atoms with Gasteiger partial charge >= 0.3 is 0 Å². The van der Waals surface area contributed by atoms with Crippen molar-refractivity contribution < 1.29 is 0 Å². The van der Waals surface area contributed by atoms with Crippen molar-refractivity contribution in [2.75, 3.05) is 0 Å². The minimum atomic E-state index is -0.0225. The van der Waals surface area contributed by atoms with E-state index in [0.717, 1.165) is 25.0 Å². The Bertz CT molecular complexity index is 356. The second kappa shape index (κ2) is 2.94. The van der Waals surface area contributed by atoms with E-state index in [1.807, 2.05) is 6.07 Å². The van der Waals surface area contributed by atoms with Crippen molar-refractivity contribution in [1.82, 2.24) is 4.98 Å². The second-order valence-electron chi connectivity index (χ2n) is 3.11. The molecule has 2 rings (SSSR count). The lowest BCUT2D eigenvalue weighted by Crippen LogP contribution is -2.13. The van der Waals surface area contributed by atoms with Crippen molar-refractivity contribution in [3.8, 4) is 0 Å². The number of halogens is 1. The van der Waals surface area contributed by atoms with E-state index >= 15 is 0 Å². The highest BCUT2D eigenvalue weighted by Gasteiger charge is 2.12. The van der Waals surface area contributed by atoms with Crippen molar-refractivity contribution in [2.45, 2.75) is 25.1 Å². The van der Waals surface area contributed by atoms with Gasteiger partial charge in [0.15, 0.2) is 0 Å². The Balaban J connectivity index is 2.57. The lowest BCUT2D eigenvalue weighted by Gasteiger charge is -2.00. The molecule has 0 atom stereocenters. The summed E-state index contributed by atoms with van der Waals surface area (Å²) in [5, 5.41) is 0. The summed E-state index contributed by atoms with van der Waals surface area (Å²) < 4.78 is 0. The molecule has 64 valence electrons. The molecule has 2 nitrogen and oxygen atoms in total. The smallest absolute Gasteiger partial charge is 0.252 e. The van der Waals surface area contributed by atoms with Crippen LogP contribution in [0.15, 0.2) is 10.9 Å². The number of aryl methyl sites for hydroxylation is 2. The van der Waals surface area contributed by atoms with Crippen LogP contribution in [0.25, 0.3) is 0 Å². The second-order valence-corrected chi connectivity index (χ2v) is 3.38. The van der Waals surface area contributed by atoms with Gasteiger partial charge in [0.25, 0.3) is 5.56 Å². The third kappa shape index (κ3) is 1.16. The summed E-state index contributed by atoms with van der Waals surface area (Å²) >= 11 is 5.61. The number of aromatic amines is 1. The van der Waals surface area contributed by atoms with Gasteiger partial charge in [-0.05, 0) is 30.9 Å². The summed E-state index contributed by atoms with van der Waals surface area (Å²) in [7, 11) is 0. The zero-order valence-electron chi connectivity index (χ0n) is 6.69. The first-order chi connectivity index (χ1) is 5.81. The summed E-state index contributed by atoms with van der Waals surface area (Å²) in [6, 6.07) is 1.94. The number of hydrogen-bond acceptors (Lipinski definition) is 1. The molecular weight excluding hydrogens is 174 g/mol. The SMILES string of the molecule is O=c1[nH]c2c(cc1CCl)CCC2. The van der Waals surface area contributed by atoms with Crippen LogP contribution in [0.5, 0.6) is 0 Å². The molecule has 0 fully saturated rings. The van der Waals surface area contributed by atoms with Gasteiger partial charge in [0.1, 0.15) is 0 Å². The fourth-order valence-electron chi connectivity index (χ4n) is 1.66. The number of pyridine rings is 1. The molecule has 0 saturated heterocycles. The van der Waals surface area contributed by atoms with Gasteiger partial charge in [0.05, 0.1) is 5.88 Å². The monoisotopic (exact) mass is 183 g/mol. The highest BCUT2D eigenvalue weighted by molar-refractivity contribution is 6.17. The molecule has 1 heterocycles. The average molecular weight is 184 g/mol. The molecule has 0 unspecified atom stereocenters.